The molecule has 0 radical (unpaired) electrons. The molecule has 1 aliphatic heterocycles. The number of nitrogens with one attached hydrogen (secondary N) is 1. The average Bonchev–Trinajstić information content (AvgIpc) is 2.58. The quantitative estimate of drug-likeness (QED) is 0.157. The molecule has 1 aliphatic rings. The summed E-state index contributed by atoms with van der Waals surface area (Å²) in [6, 6.07) is -5.84. The molecular formula is C15H20F2N4O8. The number of nitrogens with zero attached hydrogens (tertiary/aromatic N) is 3. The lowest BCUT2D eigenvalue weighted by Gasteiger charge is -2.44. The minimum Gasteiger partial charge on any atom is -0.463 e. The Morgan fingerprint density at radius 3 is 2.21 bits per heavy atom. The van der Waals surface area contributed by atoms with Crippen LogP contribution in [0.4, 0.5) is 8.78 Å². The first kappa shape index (κ1) is 24.0. The maximum Gasteiger partial charge on any atom is 0.401 e. The highest BCUT2D eigenvalue weighted by atomic mass is 19.3. The van der Waals surface area contributed by atoms with Gasteiger partial charge in [-0.3, -0.25) is 19.2 Å². The lowest BCUT2D eigenvalue weighted by molar-refractivity contribution is -0.257. The largest absolute Gasteiger partial charge is 0.463 e. The molecule has 1 saturated heterocycles. The number of carbonyl (C=O) groups is 4. The molecule has 12 nitrogen and oxygen atoms in total. The van der Waals surface area contributed by atoms with Crippen LogP contribution in [0, 0.1) is 5.92 Å². The molecule has 5 atom stereocenters. The second-order valence-electron chi connectivity index (χ2n) is 6.12. The molecule has 1 N–H and O–H groups in total. The van der Waals surface area contributed by atoms with E-state index in [4.69, 9.17) is 24.5 Å². The lowest BCUT2D eigenvalue weighted by Crippen LogP contribution is -2.63. The smallest absolute Gasteiger partial charge is 0.401 e. The topological polar surface area (TPSA) is 166 Å². The molecule has 0 aromatic heterocycles. The van der Waals surface area contributed by atoms with Gasteiger partial charge in [0.2, 0.25) is 6.29 Å². The van der Waals surface area contributed by atoms with Gasteiger partial charge < -0.3 is 24.3 Å². The van der Waals surface area contributed by atoms with E-state index in [2.05, 4.69) is 5.11 Å². The number of rotatable bonds is 7. The summed E-state index contributed by atoms with van der Waals surface area (Å²) >= 11 is 0. The standard InChI is InChI=1S/C15H20F2N4O8/c1-6-11(19-14(25)15(16,17)20-21-18)13(28-9(4)24)29-10(5-26-7(2)22)12(6)27-8(3)23/h6,10-13H,5H2,1-4H3,(H,19,25)/t6-,10?,11?,12-,13?/m1/s1. The minimum atomic E-state index is -4.43. The van der Waals surface area contributed by atoms with E-state index in [0.29, 0.717) is 0 Å². The van der Waals surface area contributed by atoms with Gasteiger partial charge in [0.25, 0.3) is 5.91 Å². The fraction of sp³-hybridized carbons (Fsp3) is 0.733. The summed E-state index contributed by atoms with van der Waals surface area (Å²) in [5.41, 5.74) is 8.16. The number of carbonyl (C=O) groups excluding carboxylic acids is 4. The normalized spacial score (nSPS) is 26.5. The highest BCUT2D eigenvalue weighted by molar-refractivity contribution is 5.83. The zero-order chi connectivity index (χ0) is 22.4. The third kappa shape index (κ3) is 6.84. The summed E-state index contributed by atoms with van der Waals surface area (Å²) in [5, 5.41) is 3.99. The SMILES string of the molecule is CC(=O)OCC1OC(OC(C)=O)C(NC(=O)C(F)(F)N=[N+]=[N-])[C@@H](C)[C@H]1OC(C)=O. The molecule has 1 fully saturated rings. The Balaban J connectivity index is 3.20. The Morgan fingerprint density at radius 1 is 1.14 bits per heavy atom. The van der Waals surface area contributed by atoms with Gasteiger partial charge in [0.05, 0.1) is 6.04 Å². The van der Waals surface area contributed by atoms with Gasteiger partial charge in [-0.15, -0.1) is 0 Å². The molecule has 0 aromatic rings. The van der Waals surface area contributed by atoms with Crippen LogP contribution in [0.25, 0.3) is 10.4 Å². The van der Waals surface area contributed by atoms with Crippen LogP contribution in [0.1, 0.15) is 27.7 Å². The molecule has 0 saturated carbocycles. The van der Waals surface area contributed by atoms with Crippen molar-refractivity contribution in [1.29, 1.82) is 0 Å². The molecule has 14 heteroatoms. The predicted octanol–water partition coefficient (Wildman–Crippen LogP) is 0.793. The van der Waals surface area contributed by atoms with Gasteiger partial charge in [-0.25, -0.2) is 0 Å². The molecule has 162 valence electrons. The summed E-state index contributed by atoms with van der Waals surface area (Å²) in [6.45, 7) is 4.23. The summed E-state index contributed by atoms with van der Waals surface area (Å²) in [7, 11) is 0. The lowest BCUT2D eigenvalue weighted by atomic mass is 9.88. The molecule has 1 amide bonds. The first-order chi connectivity index (χ1) is 13.4. The highest BCUT2D eigenvalue weighted by Crippen LogP contribution is 2.30. The van der Waals surface area contributed by atoms with Crippen LogP contribution in [0.3, 0.4) is 0 Å². The van der Waals surface area contributed by atoms with Gasteiger partial charge >= 0.3 is 24.0 Å². The van der Waals surface area contributed by atoms with Crippen molar-refractivity contribution in [1.82, 2.24) is 5.32 Å². The number of alkyl halides is 2. The van der Waals surface area contributed by atoms with Crippen molar-refractivity contribution in [2.75, 3.05) is 6.61 Å². The Labute approximate surface area is 163 Å². The van der Waals surface area contributed by atoms with Crippen LogP contribution in [-0.4, -0.2) is 61.0 Å². The number of amides is 1. The second-order valence-corrected chi connectivity index (χ2v) is 6.12. The fourth-order valence-corrected chi connectivity index (χ4v) is 2.64. The van der Waals surface area contributed by atoms with E-state index in [1.165, 1.54) is 6.92 Å². The fourth-order valence-electron chi connectivity index (χ4n) is 2.64. The van der Waals surface area contributed by atoms with Crippen molar-refractivity contribution in [3.8, 4) is 0 Å². The van der Waals surface area contributed by atoms with E-state index in [0.717, 1.165) is 20.8 Å². The zero-order valence-corrected chi connectivity index (χ0v) is 16.0. The second kappa shape index (κ2) is 9.98. The third-order valence-electron chi connectivity index (χ3n) is 3.83. The van der Waals surface area contributed by atoms with Gasteiger partial charge in [-0.1, -0.05) is 6.92 Å². The van der Waals surface area contributed by atoms with E-state index >= 15 is 0 Å². The van der Waals surface area contributed by atoms with Crippen molar-refractivity contribution in [3.05, 3.63) is 10.4 Å². The van der Waals surface area contributed by atoms with Crippen molar-refractivity contribution < 1.29 is 46.9 Å². The number of hydrogen-bond donors (Lipinski definition) is 1. The third-order valence-corrected chi connectivity index (χ3v) is 3.83. The van der Waals surface area contributed by atoms with E-state index in [9.17, 15) is 28.0 Å². The van der Waals surface area contributed by atoms with Crippen LogP contribution >= 0.6 is 0 Å². The average molecular weight is 422 g/mol. The van der Waals surface area contributed by atoms with E-state index in [-0.39, 0.29) is 0 Å². The van der Waals surface area contributed by atoms with E-state index in [1.54, 1.807) is 0 Å². The van der Waals surface area contributed by atoms with E-state index in [1.807, 2.05) is 10.2 Å². The summed E-state index contributed by atoms with van der Waals surface area (Å²) < 4.78 is 47.5. The number of ether oxygens (including phenoxy) is 4. The monoisotopic (exact) mass is 422 g/mol. The maximum atomic E-state index is 13.6. The predicted molar refractivity (Wildman–Crippen MR) is 87.8 cm³/mol. The van der Waals surface area contributed by atoms with Gasteiger partial charge in [0.15, 0.2) is 0 Å². The van der Waals surface area contributed by atoms with Gasteiger partial charge in [-0.2, -0.15) is 8.78 Å². The van der Waals surface area contributed by atoms with Crippen LogP contribution in [0.15, 0.2) is 5.11 Å². The van der Waals surface area contributed by atoms with E-state index < -0.39 is 66.9 Å². The molecule has 3 unspecified atom stereocenters. The minimum absolute atomic E-state index is 0.398. The molecule has 1 heterocycles. The van der Waals surface area contributed by atoms with Crippen LogP contribution in [-0.2, 0) is 38.1 Å². The molecular weight excluding hydrogens is 402 g/mol. The molecule has 0 bridgehead atoms. The molecule has 0 spiro atoms. The van der Waals surface area contributed by atoms with Crippen molar-refractivity contribution in [2.24, 2.45) is 11.0 Å². The zero-order valence-electron chi connectivity index (χ0n) is 16.0. The van der Waals surface area contributed by atoms with Gasteiger partial charge in [-0.05, 0) is 10.6 Å². The van der Waals surface area contributed by atoms with Crippen molar-refractivity contribution >= 4 is 23.8 Å². The number of hydrogen-bond acceptors (Lipinski definition) is 9. The van der Waals surface area contributed by atoms with Crippen LogP contribution in [0.2, 0.25) is 0 Å². The molecule has 0 aromatic carbocycles. The van der Waals surface area contributed by atoms with Crippen molar-refractivity contribution in [2.45, 2.75) is 58.3 Å². The summed E-state index contributed by atoms with van der Waals surface area (Å²) in [4.78, 5) is 47.6. The number of esters is 3. The van der Waals surface area contributed by atoms with Crippen molar-refractivity contribution in [3.63, 3.8) is 0 Å². The van der Waals surface area contributed by atoms with Crippen LogP contribution < -0.4 is 5.32 Å². The maximum absolute atomic E-state index is 13.6. The Hall–Kier alpha value is -2.99. The highest BCUT2D eigenvalue weighted by Gasteiger charge is 2.50. The molecule has 1 rings (SSSR count). The summed E-state index contributed by atoms with van der Waals surface area (Å²) in [5.74, 6) is -5.21. The summed E-state index contributed by atoms with van der Waals surface area (Å²) in [6.07, 6.45) is -3.86. The Bertz CT molecular complexity index is 712. The van der Waals surface area contributed by atoms with Gasteiger partial charge in [0.1, 0.15) is 18.8 Å². The van der Waals surface area contributed by atoms with Gasteiger partial charge in [0, 0.05) is 31.6 Å². The Kier molecular flexibility index (Phi) is 8.28. The molecule has 0 aliphatic carbocycles. The van der Waals surface area contributed by atoms with Crippen LogP contribution in [0.5, 0.6) is 0 Å². The first-order valence-corrected chi connectivity index (χ1v) is 8.27. The first-order valence-electron chi connectivity index (χ1n) is 8.27. The molecule has 29 heavy (non-hydrogen) atoms. The number of azide groups is 1. The number of halogens is 2. The Morgan fingerprint density at radius 2 is 1.72 bits per heavy atom.